The van der Waals surface area contributed by atoms with Crippen molar-refractivity contribution in [2.75, 3.05) is 0 Å². The van der Waals surface area contributed by atoms with E-state index < -0.39 is 7.14 Å². The van der Waals surface area contributed by atoms with Gasteiger partial charge < -0.3 is 4.57 Å². The smallest absolute Gasteiger partial charge is 0.137 e. The van der Waals surface area contributed by atoms with Crippen molar-refractivity contribution in [3.63, 3.8) is 0 Å². The van der Waals surface area contributed by atoms with Crippen LogP contribution in [0.3, 0.4) is 0 Å². The molecule has 1 nitrogen and oxygen atoms in total. The molecule has 0 amide bonds. The molecule has 0 bridgehead atoms. The molecular formula is C44H43OP. The zero-order chi connectivity index (χ0) is 32.2. The Morgan fingerprint density at radius 1 is 0.500 bits per heavy atom. The fourth-order valence-corrected chi connectivity index (χ4v) is 12.6. The summed E-state index contributed by atoms with van der Waals surface area (Å²) < 4.78 is 16.9. The van der Waals surface area contributed by atoms with Crippen molar-refractivity contribution >= 4 is 24.6 Å². The summed E-state index contributed by atoms with van der Waals surface area (Å²) >= 11 is 0. The molecule has 0 fully saturated rings. The van der Waals surface area contributed by atoms with Crippen LogP contribution in [0.5, 0.6) is 0 Å². The molecule has 46 heavy (non-hydrogen) atoms. The highest BCUT2D eigenvalue weighted by molar-refractivity contribution is 7.72. The Labute approximate surface area is 275 Å². The molecule has 0 saturated heterocycles. The Bertz CT molecular complexity index is 1920. The van der Waals surface area contributed by atoms with E-state index in [2.05, 4.69) is 151 Å². The quantitative estimate of drug-likeness (QED) is 0.166. The lowest BCUT2D eigenvalue weighted by atomic mass is 9.93. The van der Waals surface area contributed by atoms with Crippen LogP contribution in [-0.2, 0) is 17.4 Å². The molecule has 0 N–H and O–H groups in total. The van der Waals surface area contributed by atoms with Gasteiger partial charge in [0, 0.05) is 5.30 Å². The standard InChI is InChI=1S/C44H43OP/c1-28-20-30(3)41(31(4)21-28)26-36-24-34-14-10-12-18-39(34)43(36)46(45,38-16-8-7-9-17-38)44-37(25-35-15-11-13-19-40(35)44)27-42-32(5)22-29(2)23-33(42)6/h7-25,43-44H,26-27H2,1-6H3. The van der Waals surface area contributed by atoms with Gasteiger partial charge in [-0.25, -0.2) is 0 Å². The van der Waals surface area contributed by atoms with E-state index in [0.717, 1.165) is 18.1 Å². The molecule has 2 unspecified atom stereocenters. The van der Waals surface area contributed by atoms with Crippen LogP contribution in [0.4, 0.5) is 0 Å². The van der Waals surface area contributed by atoms with Crippen LogP contribution >= 0.6 is 7.14 Å². The van der Waals surface area contributed by atoms with Crippen LogP contribution in [0.2, 0.25) is 0 Å². The summed E-state index contributed by atoms with van der Waals surface area (Å²) in [6.45, 7) is 13.2. The second kappa shape index (κ2) is 11.9. The van der Waals surface area contributed by atoms with Crippen LogP contribution in [0.1, 0.15) is 78.1 Å². The number of rotatable bonds is 7. The van der Waals surface area contributed by atoms with Gasteiger partial charge in [-0.1, -0.05) is 138 Å². The van der Waals surface area contributed by atoms with Crippen molar-refractivity contribution in [1.82, 2.24) is 0 Å². The average Bonchev–Trinajstić information content (AvgIpc) is 3.59. The molecule has 7 rings (SSSR count). The Morgan fingerprint density at radius 3 is 1.28 bits per heavy atom. The van der Waals surface area contributed by atoms with E-state index in [0.29, 0.717) is 0 Å². The van der Waals surface area contributed by atoms with Crippen LogP contribution in [0.25, 0.3) is 12.2 Å². The van der Waals surface area contributed by atoms with Gasteiger partial charge in [-0.15, -0.1) is 0 Å². The highest BCUT2D eigenvalue weighted by Crippen LogP contribution is 2.75. The first-order valence-corrected chi connectivity index (χ1v) is 18.4. The molecule has 2 aliphatic carbocycles. The first-order valence-electron chi connectivity index (χ1n) is 16.5. The summed E-state index contributed by atoms with van der Waals surface area (Å²) in [4.78, 5) is 0. The molecule has 0 aliphatic heterocycles. The van der Waals surface area contributed by atoms with Gasteiger partial charge in [-0.3, -0.25) is 0 Å². The lowest BCUT2D eigenvalue weighted by Crippen LogP contribution is -2.20. The van der Waals surface area contributed by atoms with E-state index in [1.807, 2.05) is 6.07 Å². The van der Waals surface area contributed by atoms with Gasteiger partial charge in [-0.2, -0.15) is 0 Å². The molecule has 5 aromatic rings. The second-order valence-corrected chi connectivity index (χ2v) is 16.6. The molecule has 2 heteroatoms. The maximum atomic E-state index is 16.9. The molecule has 2 atom stereocenters. The molecule has 2 aliphatic rings. The lowest BCUT2D eigenvalue weighted by Gasteiger charge is -2.36. The number of hydrogen-bond acceptors (Lipinski definition) is 1. The molecule has 0 saturated carbocycles. The van der Waals surface area contributed by atoms with Crippen LogP contribution in [0.15, 0.2) is 114 Å². The van der Waals surface area contributed by atoms with Crippen LogP contribution in [0, 0.1) is 41.5 Å². The summed E-state index contributed by atoms with van der Waals surface area (Å²) in [5.41, 5.74) is 17.4. The third kappa shape index (κ3) is 5.16. The van der Waals surface area contributed by atoms with Crippen molar-refractivity contribution < 1.29 is 4.57 Å². The van der Waals surface area contributed by atoms with E-state index in [4.69, 9.17) is 0 Å². The van der Waals surface area contributed by atoms with Crippen LogP contribution < -0.4 is 5.30 Å². The highest BCUT2D eigenvalue weighted by atomic mass is 31.2. The van der Waals surface area contributed by atoms with E-state index in [1.165, 1.54) is 77.9 Å². The zero-order valence-corrected chi connectivity index (χ0v) is 28.8. The lowest BCUT2D eigenvalue weighted by molar-refractivity contribution is 0.570. The Morgan fingerprint density at radius 2 is 0.870 bits per heavy atom. The van der Waals surface area contributed by atoms with Crippen molar-refractivity contribution in [2.24, 2.45) is 0 Å². The fourth-order valence-electron chi connectivity index (χ4n) is 8.43. The van der Waals surface area contributed by atoms with Crippen LogP contribution in [-0.4, -0.2) is 0 Å². The van der Waals surface area contributed by atoms with Crippen molar-refractivity contribution in [2.45, 2.75) is 65.7 Å². The predicted molar refractivity (Wildman–Crippen MR) is 197 cm³/mol. The molecular weight excluding hydrogens is 575 g/mol. The monoisotopic (exact) mass is 618 g/mol. The Kier molecular flexibility index (Phi) is 7.86. The average molecular weight is 619 g/mol. The fraction of sp³-hybridized carbons (Fsp3) is 0.227. The van der Waals surface area contributed by atoms with Gasteiger partial charge in [-0.05, 0) is 110 Å². The SMILES string of the molecule is Cc1cc(C)c(CC2=Cc3ccccc3C2P(=O)(c2ccccc2)C2C(Cc3c(C)cc(C)cc3C)=Cc3ccccc32)c(C)c1. The van der Waals surface area contributed by atoms with Gasteiger partial charge in [0.2, 0.25) is 0 Å². The minimum Gasteiger partial charge on any atom is -0.317 e. The summed E-state index contributed by atoms with van der Waals surface area (Å²) in [6.07, 6.45) is 6.29. The number of aryl methyl sites for hydroxylation is 6. The zero-order valence-electron chi connectivity index (χ0n) is 27.9. The largest absolute Gasteiger partial charge is 0.317 e. The van der Waals surface area contributed by atoms with E-state index >= 15 is 4.57 Å². The maximum Gasteiger partial charge on any atom is 0.137 e. The number of benzene rings is 5. The van der Waals surface area contributed by atoms with Gasteiger partial charge in [0.05, 0.1) is 11.3 Å². The minimum absolute atomic E-state index is 0.217. The number of fused-ring (bicyclic) bond motifs is 2. The Balaban J connectivity index is 1.45. The van der Waals surface area contributed by atoms with Gasteiger partial charge >= 0.3 is 0 Å². The minimum atomic E-state index is -3.23. The predicted octanol–water partition coefficient (Wildman–Crippen LogP) is 11.3. The first kappa shape index (κ1) is 30.5. The topological polar surface area (TPSA) is 17.1 Å². The second-order valence-electron chi connectivity index (χ2n) is 13.7. The van der Waals surface area contributed by atoms with E-state index in [-0.39, 0.29) is 11.3 Å². The number of allylic oxidation sites excluding steroid dienone is 2. The third-order valence-electron chi connectivity index (χ3n) is 10.3. The molecule has 0 radical (unpaired) electrons. The summed E-state index contributed by atoms with van der Waals surface area (Å²) in [6, 6.07) is 36.9. The van der Waals surface area contributed by atoms with Crippen molar-refractivity contribution in [3.05, 3.63) is 181 Å². The molecule has 230 valence electrons. The Hall–Kier alpha value is -4.19. The third-order valence-corrected chi connectivity index (χ3v) is 14.2. The highest BCUT2D eigenvalue weighted by Gasteiger charge is 2.50. The van der Waals surface area contributed by atoms with Crippen molar-refractivity contribution in [3.8, 4) is 0 Å². The van der Waals surface area contributed by atoms with E-state index in [1.54, 1.807) is 0 Å². The molecule has 0 spiro atoms. The first-order chi connectivity index (χ1) is 22.1. The molecule has 0 aromatic heterocycles. The van der Waals surface area contributed by atoms with Gasteiger partial charge in [0.1, 0.15) is 7.14 Å². The molecule has 0 heterocycles. The van der Waals surface area contributed by atoms with Gasteiger partial charge in [0.25, 0.3) is 0 Å². The van der Waals surface area contributed by atoms with Crippen molar-refractivity contribution in [1.29, 1.82) is 0 Å². The summed E-state index contributed by atoms with van der Waals surface area (Å²) in [7, 11) is -3.23. The normalized spacial score (nSPS) is 18.0. The maximum absolute atomic E-state index is 16.9. The van der Waals surface area contributed by atoms with E-state index in [9.17, 15) is 0 Å². The summed E-state index contributed by atoms with van der Waals surface area (Å²) in [5.74, 6) is 0. The molecule has 5 aromatic carbocycles. The summed E-state index contributed by atoms with van der Waals surface area (Å²) in [5, 5.41) is 0.963. The number of hydrogen-bond donors (Lipinski definition) is 0. The van der Waals surface area contributed by atoms with Gasteiger partial charge in [0.15, 0.2) is 0 Å².